The largest absolute Gasteiger partial charge is 0.401 e. The van der Waals surface area contributed by atoms with Crippen LogP contribution in [0.15, 0.2) is 0 Å². The van der Waals surface area contributed by atoms with E-state index in [0.29, 0.717) is 13.1 Å². The van der Waals surface area contributed by atoms with Crippen molar-refractivity contribution in [3.8, 4) is 0 Å². The maximum absolute atomic E-state index is 12.7. The van der Waals surface area contributed by atoms with Crippen molar-refractivity contribution in [1.82, 2.24) is 10.2 Å². The van der Waals surface area contributed by atoms with Gasteiger partial charge in [-0.25, -0.2) is 0 Å². The summed E-state index contributed by atoms with van der Waals surface area (Å²) in [5, 5.41) is 3.53. The molecular formula is C13H23F3N2. The number of piperazine rings is 1. The molecule has 1 aliphatic heterocycles. The summed E-state index contributed by atoms with van der Waals surface area (Å²) in [5.41, 5.74) is -0.0450. The molecule has 1 spiro atoms. The highest BCUT2D eigenvalue weighted by atomic mass is 19.4. The summed E-state index contributed by atoms with van der Waals surface area (Å²) in [6, 6.07) is -0.00199. The number of alkyl halides is 3. The van der Waals surface area contributed by atoms with Crippen LogP contribution in [-0.2, 0) is 0 Å². The Bertz CT molecular complexity index is 282. The SMILES string of the molecule is CC(C)C1CNC2(CCCC2)CN1CC(F)(F)F. The summed E-state index contributed by atoms with van der Waals surface area (Å²) in [5.74, 6) is 0.249. The Hall–Kier alpha value is -0.290. The minimum atomic E-state index is -4.09. The maximum Gasteiger partial charge on any atom is 0.401 e. The van der Waals surface area contributed by atoms with Gasteiger partial charge < -0.3 is 5.32 Å². The standard InChI is InChI=1S/C13H23F3N2/c1-10(2)11-7-17-12(5-3-4-6-12)8-18(11)9-13(14,15)16/h10-11,17H,3-9H2,1-2H3. The molecule has 1 aliphatic carbocycles. The van der Waals surface area contributed by atoms with Crippen molar-refractivity contribution in [2.45, 2.75) is 57.3 Å². The van der Waals surface area contributed by atoms with Crippen molar-refractivity contribution < 1.29 is 13.2 Å². The number of rotatable bonds is 2. The summed E-state index contributed by atoms with van der Waals surface area (Å²) in [6.07, 6.45) is 0.223. The highest BCUT2D eigenvalue weighted by Gasteiger charge is 2.44. The van der Waals surface area contributed by atoms with E-state index in [-0.39, 0.29) is 17.5 Å². The number of hydrogen-bond donors (Lipinski definition) is 1. The van der Waals surface area contributed by atoms with Crippen molar-refractivity contribution >= 4 is 0 Å². The van der Waals surface area contributed by atoms with Crippen LogP contribution in [0, 0.1) is 5.92 Å². The van der Waals surface area contributed by atoms with Gasteiger partial charge in [-0.15, -0.1) is 0 Å². The molecule has 2 aliphatic rings. The van der Waals surface area contributed by atoms with Gasteiger partial charge in [0.1, 0.15) is 0 Å². The lowest BCUT2D eigenvalue weighted by atomic mass is 9.89. The van der Waals surface area contributed by atoms with Crippen LogP contribution >= 0.6 is 0 Å². The molecule has 2 fully saturated rings. The van der Waals surface area contributed by atoms with E-state index in [1.54, 1.807) is 4.90 Å². The highest BCUT2D eigenvalue weighted by molar-refractivity contribution is 5.01. The lowest BCUT2D eigenvalue weighted by Crippen LogP contribution is -2.65. The molecular weight excluding hydrogens is 241 g/mol. The van der Waals surface area contributed by atoms with Crippen molar-refractivity contribution in [2.24, 2.45) is 5.92 Å². The molecule has 1 heterocycles. The minimum Gasteiger partial charge on any atom is -0.308 e. The van der Waals surface area contributed by atoms with Crippen molar-refractivity contribution in [2.75, 3.05) is 19.6 Å². The lowest BCUT2D eigenvalue weighted by Gasteiger charge is -2.48. The van der Waals surface area contributed by atoms with E-state index in [0.717, 1.165) is 25.7 Å². The van der Waals surface area contributed by atoms with Gasteiger partial charge in [-0.2, -0.15) is 13.2 Å². The van der Waals surface area contributed by atoms with Gasteiger partial charge in [0.05, 0.1) is 6.54 Å². The fourth-order valence-corrected chi connectivity index (χ4v) is 3.46. The first-order valence-corrected chi connectivity index (χ1v) is 6.87. The molecule has 0 radical (unpaired) electrons. The van der Waals surface area contributed by atoms with Gasteiger partial charge in [-0.3, -0.25) is 4.90 Å². The Morgan fingerprint density at radius 1 is 1.28 bits per heavy atom. The van der Waals surface area contributed by atoms with Crippen LogP contribution < -0.4 is 5.32 Å². The Morgan fingerprint density at radius 2 is 1.89 bits per heavy atom. The molecule has 0 aromatic carbocycles. The Morgan fingerprint density at radius 3 is 2.39 bits per heavy atom. The monoisotopic (exact) mass is 264 g/mol. The molecule has 0 aromatic heterocycles. The first-order chi connectivity index (χ1) is 8.31. The zero-order chi connectivity index (χ0) is 13.4. The summed E-state index contributed by atoms with van der Waals surface area (Å²) in [6.45, 7) is 4.48. The van der Waals surface area contributed by atoms with Crippen molar-refractivity contribution in [3.05, 3.63) is 0 Å². The van der Waals surface area contributed by atoms with Gasteiger partial charge >= 0.3 is 6.18 Å². The van der Waals surface area contributed by atoms with Crippen molar-refractivity contribution in [1.29, 1.82) is 0 Å². The van der Waals surface area contributed by atoms with Gasteiger partial charge in [0, 0.05) is 24.7 Å². The van der Waals surface area contributed by atoms with Gasteiger partial charge in [0.2, 0.25) is 0 Å². The van der Waals surface area contributed by atoms with Gasteiger partial charge in [-0.05, 0) is 18.8 Å². The molecule has 1 atom stereocenters. The fraction of sp³-hybridized carbons (Fsp3) is 1.00. The van der Waals surface area contributed by atoms with E-state index in [4.69, 9.17) is 0 Å². The topological polar surface area (TPSA) is 15.3 Å². The minimum absolute atomic E-state index is 0.00199. The third kappa shape index (κ3) is 3.18. The Kier molecular flexibility index (Phi) is 3.93. The third-order valence-electron chi connectivity index (χ3n) is 4.37. The van der Waals surface area contributed by atoms with E-state index >= 15 is 0 Å². The van der Waals surface area contributed by atoms with Crippen LogP contribution in [0.4, 0.5) is 13.2 Å². The zero-order valence-electron chi connectivity index (χ0n) is 11.2. The zero-order valence-corrected chi connectivity index (χ0v) is 11.2. The smallest absolute Gasteiger partial charge is 0.308 e. The quantitative estimate of drug-likeness (QED) is 0.825. The number of halogens is 3. The second-order valence-corrected chi connectivity index (χ2v) is 6.20. The molecule has 1 N–H and O–H groups in total. The fourth-order valence-electron chi connectivity index (χ4n) is 3.46. The van der Waals surface area contributed by atoms with Crippen LogP contribution in [0.1, 0.15) is 39.5 Å². The van der Waals surface area contributed by atoms with Crippen LogP contribution in [0.2, 0.25) is 0 Å². The molecule has 5 heteroatoms. The summed E-state index contributed by atoms with van der Waals surface area (Å²) in [7, 11) is 0. The average Bonchev–Trinajstić information content (AvgIpc) is 2.63. The molecule has 106 valence electrons. The average molecular weight is 264 g/mol. The first kappa shape index (κ1) is 14.1. The maximum atomic E-state index is 12.7. The predicted octanol–water partition coefficient (Wildman–Crippen LogP) is 2.79. The van der Waals surface area contributed by atoms with E-state index in [2.05, 4.69) is 5.32 Å². The van der Waals surface area contributed by atoms with E-state index in [1.807, 2.05) is 13.8 Å². The van der Waals surface area contributed by atoms with Gasteiger partial charge in [-0.1, -0.05) is 26.7 Å². The van der Waals surface area contributed by atoms with Gasteiger partial charge in [0.15, 0.2) is 0 Å². The lowest BCUT2D eigenvalue weighted by molar-refractivity contribution is -0.159. The second-order valence-electron chi connectivity index (χ2n) is 6.20. The molecule has 0 bridgehead atoms. The first-order valence-electron chi connectivity index (χ1n) is 6.87. The molecule has 1 saturated carbocycles. The van der Waals surface area contributed by atoms with Crippen molar-refractivity contribution in [3.63, 3.8) is 0 Å². The van der Waals surface area contributed by atoms with E-state index < -0.39 is 12.7 Å². The third-order valence-corrected chi connectivity index (χ3v) is 4.37. The highest BCUT2D eigenvalue weighted by Crippen LogP contribution is 2.35. The number of nitrogens with one attached hydrogen (secondary N) is 1. The summed E-state index contributed by atoms with van der Waals surface area (Å²) < 4.78 is 38.1. The molecule has 0 aromatic rings. The van der Waals surface area contributed by atoms with E-state index in [1.165, 1.54) is 0 Å². The van der Waals surface area contributed by atoms with Crippen LogP contribution in [0.25, 0.3) is 0 Å². The Labute approximate surface area is 107 Å². The van der Waals surface area contributed by atoms with Crippen LogP contribution in [0.5, 0.6) is 0 Å². The molecule has 2 nitrogen and oxygen atoms in total. The van der Waals surface area contributed by atoms with Crippen LogP contribution in [0.3, 0.4) is 0 Å². The van der Waals surface area contributed by atoms with Gasteiger partial charge in [0.25, 0.3) is 0 Å². The molecule has 2 rings (SSSR count). The number of nitrogens with zero attached hydrogens (tertiary/aromatic N) is 1. The molecule has 18 heavy (non-hydrogen) atoms. The van der Waals surface area contributed by atoms with Crippen LogP contribution in [-0.4, -0.2) is 42.3 Å². The second kappa shape index (κ2) is 5.00. The summed E-state index contributed by atoms with van der Waals surface area (Å²) in [4.78, 5) is 1.66. The normalized spacial score (nSPS) is 29.3. The molecule has 1 unspecified atom stereocenters. The number of hydrogen-bond acceptors (Lipinski definition) is 2. The Balaban J connectivity index is 2.08. The predicted molar refractivity (Wildman–Crippen MR) is 65.5 cm³/mol. The van der Waals surface area contributed by atoms with E-state index in [9.17, 15) is 13.2 Å². The molecule has 1 saturated heterocycles. The molecule has 0 amide bonds. The summed E-state index contributed by atoms with van der Waals surface area (Å²) >= 11 is 0.